The van der Waals surface area contributed by atoms with Gasteiger partial charge in [0, 0.05) is 27.9 Å². The number of nitrogens with zero attached hydrogens (tertiary/aromatic N) is 1. The van der Waals surface area contributed by atoms with Crippen LogP contribution in [0.25, 0.3) is 11.3 Å². The molecule has 0 bridgehead atoms. The van der Waals surface area contributed by atoms with Gasteiger partial charge in [-0.05, 0) is 11.6 Å². The highest BCUT2D eigenvalue weighted by atomic mass is 79.9. The van der Waals surface area contributed by atoms with E-state index < -0.39 is 0 Å². The van der Waals surface area contributed by atoms with Crippen LogP contribution in [0, 0.1) is 0 Å². The van der Waals surface area contributed by atoms with Gasteiger partial charge in [0.2, 0.25) is 0 Å². The van der Waals surface area contributed by atoms with E-state index in [1.54, 1.807) is 11.3 Å². The summed E-state index contributed by atoms with van der Waals surface area (Å²) in [5, 5.41) is 1.03. The molecule has 0 unspecified atom stereocenters. The largest absolute Gasteiger partial charge is 0.325 e. The summed E-state index contributed by atoms with van der Waals surface area (Å²) in [5.41, 5.74) is 9.35. The van der Waals surface area contributed by atoms with Gasteiger partial charge >= 0.3 is 0 Å². The van der Waals surface area contributed by atoms with Crippen LogP contribution in [-0.2, 0) is 13.0 Å². The van der Waals surface area contributed by atoms with Crippen molar-refractivity contribution in [3.63, 3.8) is 0 Å². The Bertz CT molecular complexity index is 533. The van der Waals surface area contributed by atoms with Gasteiger partial charge < -0.3 is 5.73 Å². The van der Waals surface area contributed by atoms with Gasteiger partial charge in [0.05, 0.1) is 5.69 Å². The van der Waals surface area contributed by atoms with Gasteiger partial charge in [-0.25, -0.2) is 4.98 Å². The maximum absolute atomic E-state index is 5.60. The Morgan fingerprint density at radius 1 is 1.47 bits per heavy atom. The molecule has 0 aliphatic heterocycles. The van der Waals surface area contributed by atoms with E-state index in [0.29, 0.717) is 6.54 Å². The molecule has 15 heavy (non-hydrogen) atoms. The van der Waals surface area contributed by atoms with Gasteiger partial charge in [-0.15, -0.1) is 11.3 Å². The first kappa shape index (κ1) is 9.51. The van der Waals surface area contributed by atoms with Crippen molar-refractivity contribution in [3.8, 4) is 11.3 Å². The Balaban J connectivity index is 2.21. The van der Waals surface area contributed by atoms with Crippen molar-refractivity contribution in [2.24, 2.45) is 5.73 Å². The van der Waals surface area contributed by atoms with Crippen molar-refractivity contribution < 1.29 is 0 Å². The molecule has 1 aliphatic carbocycles. The number of hydrogen-bond acceptors (Lipinski definition) is 3. The first-order chi connectivity index (χ1) is 7.29. The minimum absolute atomic E-state index is 0.543. The van der Waals surface area contributed by atoms with E-state index >= 15 is 0 Å². The van der Waals surface area contributed by atoms with E-state index in [1.807, 2.05) is 0 Å². The zero-order chi connectivity index (χ0) is 10.4. The number of nitrogens with two attached hydrogens (primary N) is 1. The number of hydrogen-bond donors (Lipinski definition) is 1. The minimum Gasteiger partial charge on any atom is -0.325 e. The Kier molecular flexibility index (Phi) is 2.16. The third-order valence-corrected chi connectivity index (χ3v) is 4.45. The average molecular weight is 281 g/mol. The fourth-order valence-corrected chi connectivity index (χ4v) is 3.42. The normalized spacial score (nSPS) is 12.7. The Labute approximate surface area is 100 Å². The molecule has 0 fully saturated rings. The predicted octanol–water partition coefficient (Wildman–Crippen LogP) is 2.94. The lowest BCUT2D eigenvalue weighted by Gasteiger charge is -2.01. The molecular formula is C11H9BrN2S. The van der Waals surface area contributed by atoms with Crippen molar-refractivity contribution in [2.75, 3.05) is 0 Å². The van der Waals surface area contributed by atoms with Crippen LogP contribution in [0.2, 0.25) is 0 Å². The van der Waals surface area contributed by atoms with Crippen LogP contribution in [0.5, 0.6) is 0 Å². The highest BCUT2D eigenvalue weighted by Gasteiger charge is 2.24. The fraction of sp³-hybridized carbons (Fsp3) is 0.182. The second kappa shape index (κ2) is 3.40. The summed E-state index contributed by atoms with van der Waals surface area (Å²) >= 11 is 5.31. The van der Waals surface area contributed by atoms with Crippen molar-refractivity contribution in [1.29, 1.82) is 0 Å². The highest BCUT2D eigenvalue weighted by molar-refractivity contribution is 9.10. The van der Waals surface area contributed by atoms with E-state index in [-0.39, 0.29) is 0 Å². The van der Waals surface area contributed by atoms with Gasteiger partial charge in [-0.1, -0.05) is 28.1 Å². The van der Waals surface area contributed by atoms with Crippen LogP contribution < -0.4 is 5.73 Å². The zero-order valence-corrected chi connectivity index (χ0v) is 10.4. The van der Waals surface area contributed by atoms with E-state index in [9.17, 15) is 0 Å². The van der Waals surface area contributed by atoms with Crippen molar-refractivity contribution in [3.05, 3.63) is 38.1 Å². The van der Waals surface area contributed by atoms with Crippen LogP contribution in [0.15, 0.2) is 22.7 Å². The predicted molar refractivity (Wildman–Crippen MR) is 65.9 cm³/mol. The molecule has 2 aromatic rings. The van der Waals surface area contributed by atoms with E-state index in [1.165, 1.54) is 20.5 Å². The second-order valence-corrected chi connectivity index (χ2v) is 5.55. The molecule has 2 nitrogen and oxygen atoms in total. The Hall–Kier alpha value is -0.710. The van der Waals surface area contributed by atoms with Crippen LogP contribution in [-0.4, -0.2) is 4.98 Å². The van der Waals surface area contributed by atoms with Gasteiger partial charge in [-0.3, -0.25) is 0 Å². The summed E-state index contributed by atoms with van der Waals surface area (Å²) in [4.78, 5) is 5.91. The number of thiazole rings is 1. The summed E-state index contributed by atoms with van der Waals surface area (Å²) in [6.45, 7) is 0.543. The molecule has 3 rings (SSSR count). The standard InChI is InChI=1S/C11H9BrN2S/c12-8-3-1-2-6-7(8)4-9-11(6)14-10(5-13)15-9/h1-3H,4-5,13H2. The summed E-state index contributed by atoms with van der Waals surface area (Å²) in [5.74, 6) is 0. The third kappa shape index (κ3) is 1.36. The number of fused-ring (bicyclic) bond motifs is 3. The number of halogens is 1. The molecule has 2 N–H and O–H groups in total. The number of aromatic nitrogens is 1. The second-order valence-electron chi connectivity index (χ2n) is 3.53. The Morgan fingerprint density at radius 3 is 3.13 bits per heavy atom. The molecule has 0 radical (unpaired) electrons. The molecule has 0 spiro atoms. The molecule has 0 saturated heterocycles. The van der Waals surface area contributed by atoms with E-state index in [0.717, 1.165) is 17.1 Å². The number of rotatable bonds is 1. The first-order valence-electron chi connectivity index (χ1n) is 4.76. The Morgan fingerprint density at radius 2 is 2.33 bits per heavy atom. The lowest BCUT2D eigenvalue weighted by molar-refractivity contribution is 1.04. The molecule has 76 valence electrons. The average Bonchev–Trinajstić information content (AvgIpc) is 2.76. The zero-order valence-electron chi connectivity index (χ0n) is 7.96. The lowest BCUT2D eigenvalue weighted by Crippen LogP contribution is -1.95. The quantitative estimate of drug-likeness (QED) is 0.745. The van der Waals surface area contributed by atoms with Crippen LogP contribution in [0.4, 0.5) is 0 Å². The van der Waals surface area contributed by atoms with E-state index in [4.69, 9.17) is 5.73 Å². The SMILES string of the molecule is NCc1nc2c(s1)Cc1c(Br)cccc1-2. The highest BCUT2D eigenvalue weighted by Crippen LogP contribution is 2.42. The minimum atomic E-state index is 0.543. The maximum atomic E-state index is 5.60. The van der Waals surface area contributed by atoms with E-state index in [2.05, 4.69) is 39.1 Å². The molecule has 0 atom stereocenters. The fourth-order valence-electron chi connectivity index (χ4n) is 1.94. The topological polar surface area (TPSA) is 38.9 Å². The molecule has 1 aromatic carbocycles. The third-order valence-electron chi connectivity index (χ3n) is 2.63. The molecule has 1 heterocycles. The summed E-state index contributed by atoms with van der Waals surface area (Å²) in [6, 6.07) is 6.27. The molecule has 4 heteroatoms. The summed E-state index contributed by atoms with van der Waals surface area (Å²) < 4.78 is 1.18. The molecule has 0 amide bonds. The smallest absolute Gasteiger partial charge is 0.107 e. The number of benzene rings is 1. The first-order valence-corrected chi connectivity index (χ1v) is 6.37. The van der Waals surface area contributed by atoms with Gasteiger partial charge in [0.15, 0.2) is 0 Å². The molecular weight excluding hydrogens is 272 g/mol. The van der Waals surface area contributed by atoms with Crippen molar-refractivity contribution in [1.82, 2.24) is 4.98 Å². The molecule has 0 saturated carbocycles. The monoisotopic (exact) mass is 280 g/mol. The molecule has 1 aromatic heterocycles. The van der Waals surface area contributed by atoms with Crippen molar-refractivity contribution in [2.45, 2.75) is 13.0 Å². The summed E-state index contributed by atoms with van der Waals surface area (Å²) in [6.07, 6.45) is 0.990. The van der Waals surface area contributed by atoms with Crippen molar-refractivity contribution >= 4 is 27.3 Å². The van der Waals surface area contributed by atoms with Crippen LogP contribution in [0.3, 0.4) is 0 Å². The van der Waals surface area contributed by atoms with Gasteiger partial charge in [0.25, 0.3) is 0 Å². The van der Waals surface area contributed by atoms with Crippen LogP contribution >= 0.6 is 27.3 Å². The lowest BCUT2D eigenvalue weighted by atomic mass is 10.1. The van der Waals surface area contributed by atoms with Gasteiger partial charge in [0.1, 0.15) is 5.01 Å². The summed E-state index contributed by atoms with van der Waals surface area (Å²) in [7, 11) is 0. The maximum Gasteiger partial charge on any atom is 0.107 e. The molecule has 1 aliphatic rings. The van der Waals surface area contributed by atoms with Crippen LogP contribution in [0.1, 0.15) is 15.4 Å². The van der Waals surface area contributed by atoms with Gasteiger partial charge in [-0.2, -0.15) is 0 Å².